The molecule has 44 heavy (non-hydrogen) atoms. The zero-order valence-corrected chi connectivity index (χ0v) is 23.8. The van der Waals surface area contributed by atoms with E-state index in [2.05, 4.69) is 0 Å². The van der Waals surface area contributed by atoms with Crippen LogP contribution in [0.1, 0.15) is 24.3 Å². The van der Waals surface area contributed by atoms with Crippen molar-refractivity contribution < 1.29 is 51.0 Å². The Bertz CT molecular complexity index is 1780. The quantitative estimate of drug-likeness (QED) is 0.121. The minimum absolute atomic E-state index is 0.0807. The first-order valence-electron chi connectivity index (χ1n) is 12.6. The summed E-state index contributed by atoms with van der Waals surface area (Å²) in [5, 5.41) is 9.71. The monoisotopic (exact) mass is 677 g/mol. The Morgan fingerprint density at radius 2 is 1.50 bits per heavy atom. The second-order valence-electron chi connectivity index (χ2n) is 10.7. The van der Waals surface area contributed by atoms with Gasteiger partial charge in [-0.2, -0.15) is 4.90 Å². The third-order valence-electron chi connectivity index (χ3n) is 8.74. The number of anilines is 1. The highest BCUT2D eigenvalue weighted by Gasteiger charge is 2.77. The Kier molecular flexibility index (Phi) is 6.62. The van der Waals surface area contributed by atoms with Crippen molar-refractivity contribution in [3.05, 3.63) is 69.5 Å². The van der Waals surface area contributed by atoms with Crippen LogP contribution in [0.15, 0.2) is 29.8 Å². The molecule has 0 unspecified atom stereocenters. The van der Waals surface area contributed by atoms with Gasteiger partial charge < -0.3 is 10.8 Å². The van der Waals surface area contributed by atoms with E-state index >= 15 is 0 Å². The molecule has 3 fully saturated rings. The topological polar surface area (TPSA) is 138 Å². The third-order valence-corrected chi connectivity index (χ3v) is 10.5. The zero-order chi connectivity index (χ0) is 32.4. The van der Waals surface area contributed by atoms with Crippen LogP contribution in [0.25, 0.3) is 0 Å². The summed E-state index contributed by atoms with van der Waals surface area (Å²) in [5.41, 5.74) is 3.35. The number of urea groups is 1. The molecule has 2 aliphatic heterocycles. The Balaban J connectivity index is 1.62. The van der Waals surface area contributed by atoms with Crippen LogP contribution in [-0.2, 0) is 19.2 Å². The fraction of sp³-hybridized carbons (Fsp3) is 0.296. The van der Waals surface area contributed by atoms with Gasteiger partial charge in [-0.05, 0) is 36.5 Å². The Morgan fingerprint density at radius 3 is 2.07 bits per heavy atom. The van der Waals surface area contributed by atoms with Crippen molar-refractivity contribution in [2.24, 2.45) is 23.5 Å². The molecule has 0 aromatic heterocycles. The summed E-state index contributed by atoms with van der Waals surface area (Å²) in [6, 6.07) is 1.97. The van der Waals surface area contributed by atoms with Crippen molar-refractivity contribution >= 4 is 70.2 Å². The number of imide groups is 4. The van der Waals surface area contributed by atoms with E-state index in [0.717, 1.165) is 12.1 Å². The number of hydrogen-bond donors (Lipinski definition) is 2. The Morgan fingerprint density at radius 1 is 0.909 bits per heavy atom. The summed E-state index contributed by atoms with van der Waals surface area (Å²) in [6.45, 7) is 0. The number of allylic oxidation sites excluding steroid dienone is 2. The van der Waals surface area contributed by atoms with Crippen molar-refractivity contribution in [2.75, 3.05) is 4.90 Å². The maximum absolute atomic E-state index is 15.0. The summed E-state index contributed by atoms with van der Waals surface area (Å²) in [6.07, 6.45) is 0.455. The summed E-state index contributed by atoms with van der Waals surface area (Å²) in [7, 11) is 0. The minimum Gasteiger partial charge on any atom is -0.508 e. The molecule has 3 N–H and O–H groups in total. The van der Waals surface area contributed by atoms with Crippen molar-refractivity contribution in [2.45, 2.75) is 28.5 Å². The van der Waals surface area contributed by atoms with Crippen molar-refractivity contribution in [1.82, 2.24) is 4.90 Å². The van der Waals surface area contributed by atoms with Gasteiger partial charge in [0.05, 0.1) is 11.8 Å². The molecule has 2 saturated heterocycles. The van der Waals surface area contributed by atoms with Crippen LogP contribution in [0.3, 0.4) is 0 Å². The van der Waals surface area contributed by atoms with E-state index in [1.165, 1.54) is 12.1 Å². The predicted octanol–water partition coefficient (Wildman–Crippen LogP) is 4.38. The first-order chi connectivity index (χ1) is 20.5. The lowest BCUT2D eigenvalue weighted by Gasteiger charge is -2.50. The number of carbonyl (C=O) groups excluding carboxylic acids is 5. The number of carbonyl (C=O) groups is 5. The number of phenols is 1. The summed E-state index contributed by atoms with van der Waals surface area (Å²) in [4.78, 5) is 60.7. The highest BCUT2D eigenvalue weighted by molar-refractivity contribution is 6.58. The number of hydrogen-bond acceptors (Lipinski definition) is 6. The largest absolute Gasteiger partial charge is 0.508 e. The van der Waals surface area contributed by atoms with Gasteiger partial charge in [-0.25, -0.2) is 31.6 Å². The fourth-order valence-corrected chi connectivity index (χ4v) is 8.09. The van der Waals surface area contributed by atoms with Crippen molar-refractivity contribution in [1.29, 1.82) is 0 Å². The average molecular weight is 679 g/mol. The van der Waals surface area contributed by atoms with Crippen molar-refractivity contribution in [3.63, 3.8) is 0 Å². The molecule has 6 rings (SSSR count). The number of amides is 6. The number of likely N-dealkylation sites (tertiary alicyclic amines) is 1. The number of alkyl halides is 2. The van der Waals surface area contributed by atoms with Gasteiger partial charge in [-0.1, -0.05) is 29.3 Å². The van der Waals surface area contributed by atoms with Gasteiger partial charge in [-0.3, -0.25) is 19.2 Å². The van der Waals surface area contributed by atoms with E-state index in [-0.39, 0.29) is 38.1 Å². The molecule has 0 bridgehead atoms. The summed E-state index contributed by atoms with van der Waals surface area (Å²) >= 11 is 20.3. The molecule has 2 aromatic rings. The fourth-order valence-electron chi connectivity index (χ4n) is 6.88. The third kappa shape index (κ3) is 3.55. The van der Waals surface area contributed by atoms with Crippen LogP contribution in [0, 0.1) is 46.8 Å². The molecular weight excluding hydrogens is 664 g/mol. The lowest BCUT2D eigenvalue weighted by molar-refractivity contribution is -0.136. The molecular formula is C27H15Cl3F5N3O6. The van der Waals surface area contributed by atoms with Crippen molar-refractivity contribution in [3.8, 4) is 5.75 Å². The standard InChI is InChI=1S/C27H15Cl3F5N3O6/c28-12-5-7(39)1-2-9(12)14-8-3-4-10-13(22(41)38(21(10)40)25(36)44)11(8)6-26(29)23(42)37(24(43)27(14,26)30)20-18(34)16(32)15(31)17(33)19(20)35/h1-3,5,10-11,13-14,39H,4,6H2,(H2,36,44)/t10-,11+,13-,14+,26+,27-/m0/s1. The molecule has 17 heteroatoms. The van der Waals surface area contributed by atoms with Gasteiger partial charge in [0, 0.05) is 10.9 Å². The highest BCUT2D eigenvalue weighted by Crippen LogP contribution is 2.66. The number of nitrogens with two attached hydrogens (primary N) is 1. The first kappa shape index (κ1) is 30.3. The second-order valence-corrected chi connectivity index (χ2v) is 12.4. The summed E-state index contributed by atoms with van der Waals surface area (Å²) < 4.78 is 72.3. The molecule has 0 spiro atoms. The summed E-state index contributed by atoms with van der Waals surface area (Å²) in [5.74, 6) is -23.6. The number of benzene rings is 2. The maximum Gasteiger partial charge on any atom is 0.328 e. The van der Waals surface area contributed by atoms with E-state index < -0.39 is 104 Å². The molecule has 230 valence electrons. The number of phenolic OH excluding ortho intramolecular Hbond substituents is 1. The number of halogens is 8. The average Bonchev–Trinajstić information content (AvgIpc) is 3.30. The second kappa shape index (κ2) is 9.62. The highest BCUT2D eigenvalue weighted by atomic mass is 35.5. The van der Waals surface area contributed by atoms with Gasteiger partial charge in [-0.15, -0.1) is 23.2 Å². The van der Waals surface area contributed by atoms with E-state index in [1.54, 1.807) is 0 Å². The van der Waals surface area contributed by atoms with Crippen LogP contribution in [0.2, 0.25) is 5.02 Å². The van der Waals surface area contributed by atoms with E-state index in [4.69, 9.17) is 40.5 Å². The molecule has 2 aliphatic carbocycles. The molecule has 1 saturated carbocycles. The van der Waals surface area contributed by atoms with Gasteiger partial charge in [0.15, 0.2) is 33.0 Å². The molecule has 4 aliphatic rings. The first-order valence-corrected chi connectivity index (χ1v) is 13.8. The Labute approximate surface area is 257 Å². The molecule has 6 amide bonds. The van der Waals surface area contributed by atoms with Crippen LogP contribution < -0.4 is 10.6 Å². The lowest BCUT2D eigenvalue weighted by Crippen LogP contribution is -2.60. The predicted molar refractivity (Wildman–Crippen MR) is 141 cm³/mol. The van der Waals surface area contributed by atoms with E-state index in [0.29, 0.717) is 0 Å². The molecule has 9 nitrogen and oxygen atoms in total. The molecule has 2 aromatic carbocycles. The van der Waals surface area contributed by atoms with Gasteiger partial charge in [0.1, 0.15) is 11.4 Å². The lowest BCUT2D eigenvalue weighted by atomic mass is 9.56. The SMILES string of the molecule is NC(=O)N1C(=O)[C@H]2[C@H](CC=C3[C@H]2C[C@@]2(Cl)C(=O)N(c4c(F)c(F)c(F)c(F)c4F)C(=O)[C@@]2(Cl)[C@H]3c2ccc(O)cc2Cl)C1=O. The number of rotatable bonds is 2. The molecule has 0 radical (unpaired) electrons. The zero-order valence-electron chi connectivity index (χ0n) is 21.5. The van der Waals surface area contributed by atoms with E-state index in [9.17, 15) is 51.0 Å². The number of nitrogens with zero attached hydrogens (tertiary/aromatic N) is 2. The molecule has 2 heterocycles. The van der Waals surface area contributed by atoms with Gasteiger partial charge >= 0.3 is 6.03 Å². The van der Waals surface area contributed by atoms with Crippen LogP contribution >= 0.6 is 34.8 Å². The normalized spacial score (nSPS) is 31.2. The van der Waals surface area contributed by atoms with E-state index in [1.807, 2.05) is 0 Å². The van der Waals surface area contributed by atoms with Gasteiger partial charge in [0.25, 0.3) is 11.8 Å². The number of aromatic hydroxyl groups is 1. The minimum atomic E-state index is -2.78. The number of fused-ring (bicyclic) bond motifs is 4. The van der Waals surface area contributed by atoms with Crippen LogP contribution in [-0.4, -0.2) is 49.4 Å². The van der Waals surface area contributed by atoms with Crippen LogP contribution in [0.4, 0.5) is 32.4 Å². The Hall–Kier alpha value is -3.75. The number of primary amides is 1. The molecule has 6 atom stereocenters. The van der Waals surface area contributed by atoms with Gasteiger partial charge in [0.2, 0.25) is 17.6 Å². The maximum atomic E-state index is 15.0. The smallest absolute Gasteiger partial charge is 0.328 e. The van der Waals surface area contributed by atoms with Crippen LogP contribution in [0.5, 0.6) is 5.75 Å².